The maximum atomic E-state index is 9.16. The lowest BCUT2D eigenvalue weighted by atomic mass is 9.84. The van der Waals surface area contributed by atoms with Gasteiger partial charge in [-0.3, -0.25) is 4.98 Å². The molecule has 0 bridgehead atoms. The van der Waals surface area contributed by atoms with Gasteiger partial charge in [-0.2, -0.15) is 15.4 Å². The van der Waals surface area contributed by atoms with Crippen LogP contribution in [0.3, 0.4) is 0 Å². The van der Waals surface area contributed by atoms with E-state index in [1.165, 1.54) is 5.56 Å². The van der Waals surface area contributed by atoms with E-state index in [0.29, 0.717) is 5.69 Å². The third kappa shape index (κ3) is 3.28. The molecule has 0 fully saturated rings. The molecule has 0 atom stereocenters. The monoisotopic (exact) mass is 374 g/mol. The number of fused-ring (bicyclic) bond motifs is 1. The zero-order chi connectivity index (χ0) is 16.4. The second-order valence-electron chi connectivity index (χ2n) is 6.45. The summed E-state index contributed by atoms with van der Waals surface area (Å²) in [5.74, 6) is 0. The summed E-state index contributed by atoms with van der Waals surface area (Å²) in [6.07, 6.45) is 2.68. The zero-order valence-electron chi connectivity index (χ0n) is 13.2. The molecule has 2 heterocycles. The molecule has 23 heavy (non-hydrogen) atoms. The quantitative estimate of drug-likeness (QED) is 0.670. The average molecular weight is 375 g/mol. The summed E-state index contributed by atoms with van der Waals surface area (Å²) in [4.78, 5) is 4.30. The molecule has 120 valence electrons. The number of nitrogens with zero attached hydrogens (tertiary/aromatic N) is 3. The Hall–Kier alpha value is -1.79. The highest BCUT2D eigenvalue weighted by Crippen LogP contribution is 2.34. The number of hydrogen-bond donors (Lipinski definition) is 2. The highest BCUT2D eigenvalue weighted by molar-refractivity contribution is 9.09. The Kier molecular flexibility index (Phi) is 4.46. The highest BCUT2D eigenvalue weighted by Gasteiger charge is 2.22. The molecule has 3 aromatic rings. The van der Waals surface area contributed by atoms with E-state index in [2.05, 4.69) is 56.2 Å². The predicted octanol–water partition coefficient (Wildman–Crippen LogP) is 3.48. The molecule has 0 radical (unpaired) electrons. The van der Waals surface area contributed by atoms with Gasteiger partial charge in [0, 0.05) is 17.1 Å². The molecule has 3 rings (SSSR count). The van der Waals surface area contributed by atoms with Crippen LogP contribution in [0.25, 0.3) is 22.2 Å². The van der Waals surface area contributed by atoms with Gasteiger partial charge in [0.25, 0.3) is 0 Å². The van der Waals surface area contributed by atoms with Gasteiger partial charge in [0.2, 0.25) is 0 Å². The van der Waals surface area contributed by atoms with E-state index in [4.69, 9.17) is 5.11 Å². The number of pyridine rings is 1. The van der Waals surface area contributed by atoms with E-state index in [-0.39, 0.29) is 12.0 Å². The minimum Gasteiger partial charge on any atom is -0.390 e. The van der Waals surface area contributed by atoms with Crippen LogP contribution >= 0.6 is 15.9 Å². The smallest absolute Gasteiger partial charge is 0.116 e. The van der Waals surface area contributed by atoms with E-state index in [1.807, 2.05) is 18.2 Å². The fraction of sp³-hybridized carbons (Fsp3) is 0.353. The van der Waals surface area contributed by atoms with Gasteiger partial charge in [0.15, 0.2) is 0 Å². The van der Waals surface area contributed by atoms with Crippen molar-refractivity contribution in [1.29, 1.82) is 0 Å². The molecule has 1 aromatic carbocycles. The molecule has 6 heteroatoms. The lowest BCUT2D eigenvalue weighted by molar-refractivity contribution is 0.277. The topological polar surface area (TPSA) is 74.7 Å². The first kappa shape index (κ1) is 16.1. The van der Waals surface area contributed by atoms with Crippen molar-refractivity contribution in [2.45, 2.75) is 26.9 Å². The summed E-state index contributed by atoms with van der Waals surface area (Å²) in [7, 11) is 0. The largest absolute Gasteiger partial charge is 0.390 e. The molecular formula is C17H19BrN4O. The Morgan fingerprint density at radius 1 is 1.17 bits per heavy atom. The molecule has 2 N–H and O–H groups in total. The number of nitrogens with one attached hydrogen (secondary N) is 1. The van der Waals surface area contributed by atoms with Crippen molar-refractivity contribution in [2.24, 2.45) is 5.41 Å². The summed E-state index contributed by atoms with van der Waals surface area (Å²) in [6, 6.07) is 7.88. The van der Waals surface area contributed by atoms with Gasteiger partial charge in [-0.1, -0.05) is 41.9 Å². The number of alkyl halides is 1. The molecule has 5 nitrogen and oxygen atoms in total. The van der Waals surface area contributed by atoms with Crippen molar-refractivity contribution in [3.8, 4) is 11.1 Å². The van der Waals surface area contributed by atoms with Crippen LogP contribution in [0.15, 0.2) is 30.5 Å². The fourth-order valence-corrected chi connectivity index (χ4v) is 2.82. The molecule has 0 saturated carbocycles. The van der Waals surface area contributed by atoms with E-state index in [0.717, 1.165) is 33.9 Å². The molecule has 2 aromatic heterocycles. The second-order valence-corrected chi connectivity index (χ2v) is 7.01. The summed E-state index contributed by atoms with van der Waals surface area (Å²) < 4.78 is 0. The molecule has 0 aliphatic heterocycles. The van der Waals surface area contributed by atoms with Crippen LogP contribution in [-0.4, -0.2) is 30.8 Å². The van der Waals surface area contributed by atoms with Gasteiger partial charge in [0.05, 0.1) is 12.3 Å². The molecule has 0 amide bonds. The van der Waals surface area contributed by atoms with E-state index < -0.39 is 0 Å². The fourth-order valence-electron chi connectivity index (χ4n) is 2.62. The number of hydrogen-bond acceptors (Lipinski definition) is 4. The first-order valence-electron chi connectivity index (χ1n) is 7.48. The number of H-pyrrole nitrogens is 1. The van der Waals surface area contributed by atoms with Crippen LogP contribution < -0.4 is 0 Å². The summed E-state index contributed by atoms with van der Waals surface area (Å²) >= 11 is 3.60. The Bertz CT molecular complexity index is 811. The van der Waals surface area contributed by atoms with E-state index in [1.54, 1.807) is 6.20 Å². The van der Waals surface area contributed by atoms with Gasteiger partial charge in [0.1, 0.15) is 11.0 Å². The molecular weight excluding hydrogens is 356 g/mol. The molecule has 0 aliphatic rings. The van der Waals surface area contributed by atoms with Crippen molar-refractivity contribution < 1.29 is 5.11 Å². The van der Waals surface area contributed by atoms with Crippen LogP contribution in [0.5, 0.6) is 0 Å². The van der Waals surface area contributed by atoms with Crippen LogP contribution in [0.1, 0.15) is 25.1 Å². The van der Waals surface area contributed by atoms with Crippen LogP contribution in [0, 0.1) is 5.41 Å². The summed E-state index contributed by atoms with van der Waals surface area (Å²) in [5.41, 5.74) is 5.83. The number of rotatable bonds is 5. The number of aliphatic hydroxyl groups is 1. The Morgan fingerprint density at radius 2 is 2.00 bits per heavy atom. The highest BCUT2D eigenvalue weighted by atomic mass is 79.9. The third-order valence-electron chi connectivity index (χ3n) is 3.91. The maximum absolute atomic E-state index is 9.16. The lowest BCUT2D eigenvalue weighted by Gasteiger charge is -2.23. The number of aliphatic hydroxyl groups excluding tert-OH is 1. The van der Waals surface area contributed by atoms with Crippen molar-refractivity contribution >= 4 is 27.0 Å². The minimum absolute atomic E-state index is 0.0495. The van der Waals surface area contributed by atoms with Crippen LogP contribution in [0.4, 0.5) is 0 Å². The van der Waals surface area contributed by atoms with E-state index >= 15 is 0 Å². The van der Waals surface area contributed by atoms with Gasteiger partial charge in [-0.25, -0.2) is 0 Å². The first-order valence-corrected chi connectivity index (χ1v) is 8.61. The van der Waals surface area contributed by atoms with Crippen LogP contribution in [0.2, 0.25) is 0 Å². The molecule has 0 aliphatic carbocycles. The zero-order valence-corrected chi connectivity index (χ0v) is 14.8. The minimum atomic E-state index is -0.0495. The van der Waals surface area contributed by atoms with Crippen molar-refractivity contribution in [3.63, 3.8) is 0 Å². The van der Waals surface area contributed by atoms with Gasteiger partial charge in [-0.05, 0) is 35.1 Å². The number of halogens is 1. The first-order chi connectivity index (χ1) is 11.0. The number of benzene rings is 1. The Labute approximate surface area is 143 Å². The van der Waals surface area contributed by atoms with Gasteiger partial charge < -0.3 is 5.11 Å². The Morgan fingerprint density at radius 3 is 2.65 bits per heavy atom. The van der Waals surface area contributed by atoms with Crippen molar-refractivity contribution in [2.75, 3.05) is 5.33 Å². The number of aromatic nitrogens is 4. The van der Waals surface area contributed by atoms with Crippen molar-refractivity contribution in [1.82, 2.24) is 20.4 Å². The van der Waals surface area contributed by atoms with Gasteiger partial charge in [-0.15, -0.1) is 0 Å². The SMILES string of the molecule is CC(C)(CBr)Cc1c(-c2ccc(CO)nc2)ccc2n[nH]nc12. The average Bonchev–Trinajstić information content (AvgIpc) is 3.04. The third-order valence-corrected chi connectivity index (χ3v) is 5.43. The number of aromatic amines is 1. The van der Waals surface area contributed by atoms with Crippen molar-refractivity contribution in [3.05, 3.63) is 41.7 Å². The Balaban J connectivity index is 2.14. The summed E-state index contributed by atoms with van der Waals surface area (Å²) in [6.45, 7) is 4.39. The normalized spacial score (nSPS) is 12.0. The summed E-state index contributed by atoms with van der Waals surface area (Å²) in [5, 5.41) is 21.3. The molecule has 0 spiro atoms. The van der Waals surface area contributed by atoms with Crippen LogP contribution in [-0.2, 0) is 13.0 Å². The molecule has 0 unspecified atom stereocenters. The van der Waals surface area contributed by atoms with Gasteiger partial charge >= 0.3 is 0 Å². The maximum Gasteiger partial charge on any atom is 0.116 e. The lowest BCUT2D eigenvalue weighted by Crippen LogP contribution is -2.17. The second kappa shape index (κ2) is 6.37. The standard InChI is InChI=1S/C17H19BrN4O/c1-17(2,10-18)7-14-13(5-6-15-16(14)21-22-20-15)11-3-4-12(9-23)19-8-11/h3-6,8,23H,7,9-10H2,1-2H3,(H,20,21,22). The molecule has 0 saturated heterocycles. The predicted molar refractivity (Wildman–Crippen MR) is 94.3 cm³/mol. The van der Waals surface area contributed by atoms with E-state index in [9.17, 15) is 0 Å².